The molecule has 0 fully saturated rings. The zero-order valence-corrected chi connectivity index (χ0v) is 9.91. The molecule has 0 spiro atoms. The molecule has 0 saturated carbocycles. The van der Waals surface area contributed by atoms with E-state index in [2.05, 4.69) is 20.7 Å². The minimum absolute atomic E-state index is 0.181. The summed E-state index contributed by atoms with van der Waals surface area (Å²) in [4.78, 5) is 11.5. The first-order valence-corrected chi connectivity index (χ1v) is 5.10. The average molecular weight is 279 g/mol. The van der Waals surface area contributed by atoms with E-state index < -0.39 is 11.6 Å². The summed E-state index contributed by atoms with van der Waals surface area (Å²) in [6.45, 7) is 0. The molecule has 7 heteroatoms. The van der Waals surface area contributed by atoms with Crippen LogP contribution in [0.1, 0.15) is 10.4 Å². The Bertz CT molecular complexity index is 461. The molecule has 16 heavy (non-hydrogen) atoms. The van der Waals surface area contributed by atoms with Gasteiger partial charge in [-0.2, -0.15) is 0 Å². The summed E-state index contributed by atoms with van der Waals surface area (Å²) < 4.78 is 15.5. The van der Waals surface area contributed by atoms with Crippen LogP contribution in [0.5, 0.6) is 11.5 Å². The average Bonchev–Trinajstić information content (AvgIpc) is 2.49. The first-order chi connectivity index (χ1) is 7.43. The summed E-state index contributed by atoms with van der Waals surface area (Å²) in [5.41, 5.74) is -1.56. The topological polar surface area (TPSA) is 44.8 Å². The van der Waals surface area contributed by atoms with Crippen LogP contribution in [0.4, 0.5) is 0 Å². The highest BCUT2D eigenvalue weighted by atomic mass is 79.9. The largest absolute Gasteiger partial charge is 0.468 e. The second-order valence-electron chi connectivity index (χ2n) is 3.20. The number of halogens is 1. The molecule has 0 atom stereocenters. The van der Waals surface area contributed by atoms with Crippen LogP contribution in [0.25, 0.3) is 0 Å². The first-order valence-electron chi connectivity index (χ1n) is 4.30. The Morgan fingerprint density at radius 2 is 2.12 bits per heavy atom. The van der Waals surface area contributed by atoms with Gasteiger partial charge in [0.2, 0.25) is 0 Å². The van der Waals surface area contributed by atoms with E-state index >= 15 is 0 Å². The molecule has 0 unspecified atom stereocenters. The van der Waals surface area contributed by atoms with Gasteiger partial charge in [-0.15, -0.1) is 0 Å². The van der Waals surface area contributed by atoms with Gasteiger partial charge < -0.3 is 14.2 Å². The third-order valence-electron chi connectivity index (χ3n) is 1.96. The van der Waals surface area contributed by atoms with Crippen LogP contribution < -0.4 is 9.47 Å². The molecule has 1 aromatic rings. The molecule has 0 saturated heterocycles. The third kappa shape index (κ3) is 1.91. The van der Waals surface area contributed by atoms with Crippen molar-refractivity contribution < 1.29 is 19.0 Å². The molecular weight excluding hydrogens is 274 g/mol. The zero-order valence-electron chi connectivity index (χ0n) is 8.32. The van der Waals surface area contributed by atoms with E-state index in [1.54, 1.807) is 6.07 Å². The fourth-order valence-electron chi connectivity index (χ4n) is 1.36. The van der Waals surface area contributed by atoms with Crippen molar-refractivity contribution in [2.24, 2.45) is 0 Å². The number of hydrogen-bond donors (Lipinski definition) is 0. The monoisotopic (exact) mass is 278 g/mol. The van der Waals surface area contributed by atoms with Crippen molar-refractivity contribution in [2.45, 2.75) is 5.59 Å². The lowest BCUT2D eigenvalue weighted by Crippen LogP contribution is -2.39. The van der Waals surface area contributed by atoms with Crippen molar-refractivity contribution in [3.63, 3.8) is 0 Å². The van der Waals surface area contributed by atoms with Gasteiger partial charge >= 0.3 is 5.97 Å². The van der Waals surface area contributed by atoms with Crippen LogP contribution in [0.2, 0.25) is 0 Å². The second-order valence-corrected chi connectivity index (χ2v) is 4.11. The van der Waals surface area contributed by atoms with Crippen molar-refractivity contribution >= 4 is 37.6 Å². The van der Waals surface area contributed by atoms with Gasteiger partial charge in [0, 0.05) is 4.47 Å². The maximum Gasteiger partial charge on any atom is 0.341 e. The van der Waals surface area contributed by atoms with E-state index in [4.69, 9.17) is 25.2 Å². The predicted molar refractivity (Wildman–Crippen MR) is 61.0 cm³/mol. The Kier molecular flexibility index (Phi) is 2.66. The van der Waals surface area contributed by atoms with Crippen molar-refractivity contribution in [3.05, 3.63) is 22.2 Å². The van der Waals surface area contributed by atoms with Gasteiger partial charge in [-0.1, -0.05) is 15.9 Å². The molecule has 0 amide bonds. The number of esters is 1. The minimum Gasteiger partial charge on any atom is -0.468 e. The summed E-state index contributed by atoms with van der Waals surface area (Å²) in [7, 11) is 12.2. The fraction of sp³-hybridized carbons (Fsp3) is 0.222. The summed E-state index contributed by atoms with van der Waals surface area (Å²) in [5, 5.41) is 0. The van der Waals surface area contributed by atoms with Gasteiger partial charge in [0.05, 0.1) is 7.11 Å². The number of carbonyl (C=O) groups is 1. The number of benzene rings is 1. The van der Waals surface area contributed by atoms with E-state index in [0.717, 1.165) is 0 Å². The molecule has 0 N–H and O–H groups in total. The van der Waals surface area contributed by atoms with Gasteiger partial charge in [0.25, 0.3) is 0 Å². The zero-order chi connectivity index (χ0) is 11.9. The van der Waals surface area contributed by atoms with Gasteiger partial charge in [0.1, 0.15) is 5.56 Å². The molecular formula is C9H5B2BrO4. The van der Waals surface area contributed by atoms with Crippen LogP contribution in [0.15, 0.2) is 16.6 Å². The highest BCUT2D eigenvalue weighted by Crippen LogP contribution is 2.42. The molecule has 1 aromatic carbocycles. The molecule has 0 bridgehead atoms. The van der Waals surface area contributed by atoms with E-state index in [0.29, 0.717) is 10.2 Å². The smallest absolute Gasteiger partial charge is 0.341 e. The highest BCUT2D eigenvalue weighted by molar-refractivity contribution is 9.10. The number of carbonyl (C=O) groups excluding carboxylic acids is 1. The van der Waals surface area contributed by atoms with Crippen molar-refractivity contribution in [1.82, 2.24) is 0 Å². The lowest BCUT2D eigenvalue weighted by atomic mass is 9.76. The van der Waals surface area contributed by atoms with Gasteiger partial charge in [-0.05, 0) is 12.1 Å². The Hall–Kier alpha value is -1.10. The molecule has 0 aliphatic carbocycles. The van der Waals surface area contributed by atoms with E-state index in [9.17, 15) is 4.79 Å². The van der Waals surface area contributed by atoms with Crippen molar-refractivity contribution in [1.29, 1.82) is 0 Å². The van der Waals surface area contributed by atoms with Gasteiger partial charge in [0.15, 0.2) is 32.8 Å². The Morgan fingerprint density at radius 1 is 1.44 bits per heavy atom. The Balaban J connectivity index is 2.53. The number of methoxy groups -OCH3 is 1. The van der Waals surface area contributed by atoms with E-state index in [1.807, 2.05) is 0 Å². The Morgan fingerprint density at radius 3 is 2.75 bits per heavy atom. The Labute approximate surface area is 103 Å². The quantitative estimate of drug-likeness (QED) is 0.567. The summed E-state index contributed by atoms with van der Waals surface area (Å²) in [5.74, 6) is -0.0846. The molecule has 1 aliphatic heterocycles. The van der Waals surface area contributed by atoms with E-state index in [-0.39, 0.29) is 11.3 Å². The number of hydrogen-bond acceptors (Lipinski definition) is 4. The fourth-order valence-corrected chi connectivity index (χ4v) is 1.80. The lowest BCUT2D eigenvalue weighted by Gasteiger charge is -2.18. The van der Waals surface area contributed by atoms with E-state index in [1.165, 1.54) is 13.2 Å². The SMILES string of the molecule is [B]C1([B])Oc2cc(Br)cc(C(=O)OC)c2O1. The molecule has 0 aromatic heterocycles. The van der Waals surface area contributed by atoms with Crippen molar-refractivity contribution in [3.8, 4) is 11.5 Å². The number of rotatable bonds is 1. The van der Waals surface area contributed by atoms with Crippen LogP contribution in [0, 0.1) is 0 Å². The standard InChI is InChI=1S/C9H5B2BrO4/c1-14-8(13)5-2-4(12)3-6-7(5)16-9(10,11)15-6/h2-3H,1H3. The second kappa shape index (κ2) is 3.73. The van der Waals surface area contributed by atoms with Crippen LogP contribution in [0.3, 0.4) is 0 Å². The maximum atomic E-state index is 11.5. The van der Waals surface area contributed by atoms with Crippen LogP contribution in [-0.2, 0) is 4.74 Å². The molecule has 2 rings (SSSR count). The minimum atomic E-state index is -1.76. The first kappa shape index (κ1) is 11.4. The molecule has 4 radical (unpaired) electrons. The van der Waals surface area contributed by atoms with Gasteiger partial charge in [-0.25, -0.2) is 4.79 Å². The van der Waals surface area contributed by atoms with Crippen molar-refractivity contribution in [2.75, 3.05) is 7.11 Å². The number of ether oxygens (including phenoxy) is 3. The van der Waals surface area contributed by atoms with Gasteiger partial charge in [-0.3, -0.25) is 0 Å². The molecule has 4 nitrogen and oxygen atoms in total. The molecule has 1 heterocycles. The summed E-state index contributed by atoms with van der Waals surface area (Å²) in [6, 6.07) is 3.14. The summed E-state index contributed by atoms with van der Waals surface area (Å²) in [6.07, 6.45) is 0. The third-order valence-corrected chi connectivity index (χ3v) is 2.41. The van der Waals surface area contributed by atoms with Crippen LogP contribution >= 0.6 is 15.9 Å². The predicted octanol–water partition coefficient (Wildman–Crippen LogP) is 0.955. The van der Waals surface area contributed by atoms with Crippen LogP contribution in [-0.4, -0.2) is 34.4 Å². The highest BCUT2D eigenvalue weighted by Gasteiger charge is 2.34. The maximum absolute atomic E-state index is 11.5. The number of fused-ring (bicyclic) bond motifs is 1. The molecule has 78 valence electrons. The lowest BCUT2D eigenvalue weighted by molar-refractivity contribution is 0.0584. The molecule has 1 aliphatic rings. The normalized spacial score (nSPS) is 15.9. The summed E-state index contributed by atoms with van der Waals surface area (Å²) >= 11 is 3.23.